The number of nitrogens with zero attached hydrogens (tertiary/aromatic N) is 3. The van der Waals surface area contributed by atoms with E-state index in [0.29, 0.717) is 19.1 Å². The molecule has 0 saturated carbocycles. The molecule has 1 amide bonds. The molecule has 0 aliphatic carbocycles. The lowest BCUT2D eigenvalue weighted by molar-refractivity contribution is -0.138. The van der Waals surface area contributed by atoms with Gasteiger partial charge in [-0.15, -0.1) is 11.3 Å². The van der Waals surface area contributed by atoms with E-state index >= 15 is 0 Å². The molecule has 0 N–H and O–H groups in total. The van der Waals surface area contributed by atoms with Gasteiger partial charge < -0.3 is 9.80 Å². The average molecular weight is 358 g/mol. The van der Waals surface area contributed by atoms with E-state index in [2.05, 4.69) is 35.9 Å². The van der Waals surface area contributed by atoms with Crippen LogP contribution in [0.5, 0.6) is 0 Å². The summed E-state index contributed by atoms with van der Waals surface area (Å²) >= 11 is 1.62. The lowest BCUT2D eigenvalue weighted by Crippen LogP contribution is -2.44. The summed E-state index contributed by atoms with van der Waals surface area (Å²) in [5.74, 6) is 0.418. The van der Waals surface area contributed by atoms with Gasteiger partial charge in [0.2, 0.25) is 5.91 Å². The van der Waals surface area contributed by atoms with Gasteiger partial charge in [0.05, 0.1) is 6.54 Å². The Morgan fingerprint density at radius 1 is 1.24 bits per heavy atom. The Balaban J connectivity index is 1.68. The highest BCUT2D eigenvalue weighted by molar-refractivity contribution is 7.09. The van der Waals surface area contributed by atoms with Crippen LogP contribution < -0.4 is 0 Å². The fourth-order valence-corrected chi connectivity index (χ4v) is 4.06. The summed E-state index contributed by atoms with van der Waals surface area (Å²) in [4.78, 5) is 22.0. The molecule has 2 heterocycles. The van der Waals surface area contributed by atoms with E-state index in [1.807, 2.05) is 34.7 Å². The fraction of sp³-hybridized carbons (Fsp3) is 0.500. The van der Waals surface area contributed by atoms with Gasteiger partial charge in [0, 0.05) is 30.1 Å². The molecule has 4 nitrogen and oxygen atoms in total. The number of aromatic nitrogens is 1. The smallest absolute Gasteiger partial charge is 0.226 e. The zero-order valence-electron chi connectivity index (χ0n) is 15.1. The Labute approximate surface area is 154 Å². The van der Waals surface area contributed by atoms with Crippen molar-refractivity contribution in [1.82, 2.24) is 14.8 Å². The summed E-state index contributed by atoms with van der Waals surface area (Å²) in [6.07, 6.45) is 3.73. The highest BCUT2D eigenvalue weighted by Gasteiger charge is 2.29. The van der Waals surface area contributed by atoms with E-state index in [4.69, 9.17) is 0 Å². The number of rotatable bonds is 6. The molecule has 2 aromatic rings. The van der Waals surface area contributed by atoms with E-state index in [9.17, 15) is 4.79 Å². The van der Waals surface area contributed by atoms with Crippen molar-refractivity contribution in [1.29, 1.82) is 0 Å². The quantitative estimate of drug-likeness (QED) is 0.789. The standard InChI is InChI=1S/C20H27N3OS/c1-16(2)22-11-8-18(9-12-22)20(24)23(15-19-21-10-13-25-19)14-17-6-4-3-5-7-17/h3-7,10,13,16,18H,8-9,11-12,14-15H2,1-2H3. The zero-order valence-corrected chi connectivity index (χ0v) is 15.9. The molecule has 0 radical (unpaired) electrons. The third-order valence-electron chi connectivity index (χ3n) is 4.95. The molecule has 1 aromatic heterocycles. The van der Waals surface area contributed by atoms with Crippen LogP contribution in [-0.2, 0) is 17.9 Å². The molecular formula is C20H27N3OS. The molecule has 0 atom stereocenters. The van der Waals surface area contributed by atoms with Crippen LogP contribution in [0.1, 0.15) is 37.3 Å². The maximum absolute atomic E-state index is 13.2. The molecule has 1 saturated heterocycles. The number of piperidine rings is 1. The molecule has 134 valence electrons. The number of hydrogen-bond acceptors (Lipinski definition) is 4. The van der Waals surface area contributed by atoms with Gasteiger partial charge in [-0.25, -0.2) is 4.98 Å². The van der Waals surface area contributed by atoms with Crippen molar-refractivity contribution in [3.05, 3.63) is 52.5 Å². The molecule has 1 aromatic carbocycles. The van der Waals surface area contributed by atoms with E-state index in [1.54, 1.807) is 11.3 Å². The molecule has 1 aliphatic rings. The van der Waals surface area contributed by atoms with Crippen LogP contribution >= 0.6 is 11.3 Å². The maximum Gasteiger partial charge on any atom is 0.226 e. The first-order valence-corrected chi connectivity index (χ1v) is 9.96. The number of thiazole rings is 1. The second-order valence-electron chi connectivity index (χ2n) is 7.01. The van der Waals surface area contributed by atoms with Crippen LogP contribution in [-0.4, -0.2) is 39.8 Å². The van der Waals surface area contributed by atoms with Crippen molar-refractivity contribution >= 4 is 17.2 Å². The Morgan fingerprint density at radius 3 is 2.56 bits per heavy atom. The Morgan fingerprint density at radius 2 is 1.96 bits per heavy atom. The number of carbonyl (C=O) groups is 1. The predicted octanol–water partition coefficient (Wildman–Crippen LogP) is 3.79. The van der Waals surface area contributed by atoms with Crippen LogP contribution in [0.4, 0.5) is 0 Å². The summed E-state index contributed by atoms with van der Waals surface area (Å²) in [5, 5.41) is 2.98. The summed E-state index contributed by atoms with van der Waals surface area (Å²) < 4.78 is 0. The molecule has 0 spiro atoms. The second-order valence-corrected chi connectivity index (χ2v) is 7.99. The normalized spacial score (nSPS) is 16.3. The van der Waals surface area contributed by atoms with Gasteiger partial charge in [-0.1, -0.05) is 30.3 Å². The van der Waals surface area contributed by atoms with Gasteiger partial charge in [0.1, 0.15) is 5.01 Å². The summed E-state index contributed by atoms with van der Waals surface area (Å²) in [7, 11) is 0. The number of carbonyl (C=O) groups excluding carboxylic acids is 1. The average Bonchev–Trinajstić information content (AvgIpc) is 3.14. The van der Waals surface area contributed by atoms with Crippen LogP contribution in [0.2, 0.25) is 0 Å². The van der Waals surface area contributed by atoms with Crippen molar-refractivity contribution in [3.8, 4) is 0 Å². The van der Waals surface area contributed by atoms with E-state index in [0.717, 1.165) is 30.9 Å². The Hall–Kier alpha value is -1.72. The van der Waals surface area contributed by atoms with Crippen molar-refractivity contribution < 1.29 is 4.79 Å². The number of amides is 1. The van der Waals surface area contributed by atoms with Gasteiger partial charge in [-0.3, -0.25) is 4.79 Å². The lowest BCUT2D eigenvalue weighted by atomic mass is 9.94. The summed E-state index contributed by atoms with van der Waals surface area (Å²) in [6.45, 7) is 7.76. The highest BCUT2D eigenvalue weighted by atomic mass is 32.1. The topological polar surface area (TPSA) is 36.4 Å². The first kappa shape index (κ1) is 18.1. The molecular weight excluding hydrogens is 330 g/mol. The summed E-state index contributed by atoms with van der Waals surface area (Å²) in [5.41, 5.74) is 1.17. The Kier molecular flexibility index (Phi) is 6.21. The number of hydrogen-bond donors (Lipinski definition) is 0. The molecule has 3 rings (SSSR count). The SMILES string of the molecule is CC(C)N1CCC(C(=O)N(Cc2ccccc2)Cc2nccs2)CC1. The molecule has 1 fully saturated rings. The van der Waals surface area contributed by atoms with Crippen LogP contribution in [0, 0.1) is 5.92 Å². The van der Waals surface area contributed by atoms with E-state index in [1.165, 1.54) is 5.56 Å². The molecule has 5 heteroatoms. The van der Waals surface area contributed by atoms with Crippen LogP contribution in [0.3, 0.4) is 0 Å². The minimum atomic E-state index is 0.138. The van der Waals surface area contributed by atoms with Gasteiger partial charge in [0.25, 0.3) is 0 Å². The largest absolute Gasteiger partial charge is 0.331 e. The van der Waals surface area contributed by atoms with Crippen molar-refractivity contribution in [2.24, 2.45) is 5.92 Å². The molecule has 1 aliphatic heterocycles. The van der Waals surface area contributed by atoms with Gasteiger partial charge in [0.15, 0.2) is 0 Å². The lowest BCUT2D eigenvalue weighted by Gasteiger charge is -2.36. The highest BCUT2D eigenvalue weighted by Crippen LogP contribution is 2.23. The predicted molar refractivity (Wildman–Crippen MR) is 102 cm³/mol. The van der Waals surface area contributed by atoms with Gasteiger partial charge >= 0.3 is 0 Å². The van der Waals surface area contributed by atoms with E-state index in [-0.39, 0.29) is 11.8 Å². The van der Waals surface area contributed by atoms with Crippen molar-refractivity contribution in [3.63, 3.8) is 0 Å². The minimum Gasteiger partial charge on any atom is -0.331 e. The zero-order chi connectivity index (χ0) is 17.6. The van der Waals surface area contributed by atoms with Gasteiger partial charge in [-0.05, 0) is 45.3 Å². The molecule has 0 bridgehead atoms. The van der Waals surface area contributed by atoms with Crippen molar-refractivity contribution in [2.45, 2.75) is 45.8 Å². The third-order valence-corrected chi connectivity index (χ3v) is 5.71. The van der Waals surface area contributed by atoms with E-state index < -0.39 is 0 Å². The van der Waals surface area contributed by atoms with Crippen LogP contribution in [0.25, 0.3) is 0 Å². The third kappa shape index (κ3) is 4.89. The number of benzene rings is 1. The fourth-order valence-electron chi connectivity index (χ4n) is 3.43. The monoisotopic (exact) mass is 357 g/mol. The first-order chi connectivity index (χ1) is 12.1. The maximum atomic E-state index is 13.2. The molecule has 25 heavy (non-hydrogen) atoms. The number of likely N-dealkylation sites (tertiary alicyclic amines) is 1. The first-order valence-electron chi connectivity index (χ1n) is 9.08. The van der Waals surface area contributed by atoms with Crippen LogP contribution in [0.15, 0.2) is 41.9 Å². The Bertz CT molecular complexity index is 649. The minimum absolute atomic E-state index is 0.138. The second kappa shape index (κ2) is 8.59. The van der Waals surface area contributed by atoms with Gasteiger partial charge in [-0.2, -0.15) is 0 Å². The molecule has 0 unspecified atom stereocenters. The summed E-state index contributed by atoms with van der Waals surface area (Å²) in [6, 6.07) is 10.8. The van der Waals surface area contributed by atoms with Crippen molar-refractivity contribution in [2.75, 3.05) is 13.1 Å².